The van der Waals surface area contributed by atoms with Crippen molar-refractivity contribution in [3.63, 3.8) is 0 Å². The molecule has 0 bridgehead atoms. The van der Waals surface area contributed by atoms with E-state index in [1.54, 1.807) is 0 Å². The van der Waals surface area contributed by atoms with Gasteiger partial charge < -0.3 is 0 Å². The zero-order chi connectivity index (χ0) is 0. The van der Waals surface area contributed by atoms with Gasteiger partial charge in [-0.1, -0.05) is 0 Å². The van der Waals surface area contributed by atoms with Gasteiger partial charge >= 0.3 is 0 Å². The van der Waals surface area contributed by atoms with Gasteiger partial charge in [0.15, 0.2) is 0 Å². The second kappa shape index (κ2) is 21.7. The van der Waals surface area contributed by atoms with Crippen molar-refractivity contribution in [2.24, 2.45) is 0 Å². The Morgan fingerprint density at radius 1 is 1.00 bits per heavy atom. The van der Waals surface area contributed by atoms with Crippen molar-refractivity contribution in [1.29, 1.82) is 0 Å². The molecule has 1 nitrogen and oxygen atoms in total. The molecule has 0 saturated carbocycles. The normalized spacial score (nSPS) is 0. The van der Waals surface area contributed by atoms with Crippen LogP contribution in [0.25, 0.3) is 0 Å². The van der Waals surface area contributed by atoms with E-state index in [4.69, 9.17) is 0 Å². The predicted molar refractivity (Wildman–Crippen MR) is 7.89 cm³/mol. The van der Waals surface area contributed by atoms with E-state index >= 15 is 0 Å². The molecule has 0 atom stereocenters. The van der Waals surface area contributed by atoms with Gasteiger partial charge in [-0.25, -0.2) is 0 Å². The summed E-state index contributed by atoms with van der Waals surface area (Å²) in [6.07, 6.45) is 0. The number of hydrogen-bond donors (Lipinski definition) is 0. The first-order valence-corrected chi connectivity index (χ1v) is 0. The van der Waals surface area contributed by atoms with Crippen LogP contribution < -0.4 is 6.15 Å². The van der Waals surface area contributed by atoms with E-state index in [1.807, 2.05) is 0 Å². The maximum absolute atomic E-state index is 0. The molecule has 7 radical (unpaired) electrons. The number of nitrogens with zero attached hydrogens (tertiary/aromatic N) is 1. The first-order valence-electron chi connectivity index (χ1n) is 0. The minimum atomic E-state index is 0. The molecule has 0 rings (SSSR count). The molecule has 0 aromatic rings. The maximum atomic E-state index is 0. The van der Waals surface area contributed by atoms with Crippen LogP contribution >= 0.6 is 0 Å². The van der Waals surface area contributed by atoms with Gasteiger partial charge in [0.2, 0.25) is 0 Å². The molecule has 0 spiro atoms. The van der Waals surface area contributed by atoms with Gasteiger partial charge in [0.05, 0.1) is 0 Å². The largest absolute Gasteiger partial charge is 0 e. The fraction of sp³-hybridized carbons (Fsp3) is 0. The maximum Gasteiger partial charge on any atom is 0 e. The molecule has 0 heterocycles. The van der Waals surface area contributed by atoms with E-state index in [2.05, 4.69) is 0 Å². The molecule has 0 fully saturated rings. The van der Waals surface area contributed by atoms with Crippen molar-refractivity contribution in [2.75, 3.05) is 0 Å². The smallest absolute Gasteiger partial charge is 0 e. The van der Waals surface area contributed by atoms with Crippen LogP contribution in [-0.2, 0) is 39.6 Å². The van der Waals surface area contributed by atoms with Crippen molar-refractivity contribution in [1.82, 2.24) is 6.15 Å². The summed E-state index contributed by atoms with van der Waals surface area (Å²) >= 11 is 0. The first kappa shape index (κ1) is 42.0. The second-order valence-electron chi connectivity index (χ2n) is 0. The van der Waals surface area contributed by atoms with Crippen LogP contribution in [-0.4, -0.2) is 17.4 Å². The zero-order valence-corrected chi connectivity index (χ0v) is 6.44. The van der Waals surface area contributed by atoms with Crippen LogP contribution in [0.3, 0.4) is 0 Å². The van der Waals surface area contributed by atoms with Crippen LogP contribution in [0, 0.1) is 0 Å². The molecule has 0 unspecified atom stereocenters. The van der Waals surface area contributed by atoms with Crippen LogP contribution in [0.1, 0.15) is 0 Å². The average Bonchev–Trinajstić information content (AvgIpc) is 0. The molecule has 0 N–H and O–H groups in total. The quantitative estimate of drug-likeness (QED) is 0.442. The summed E-state index contributed by atoms with van der Waals surface area (Å²) in [4.78, 5) is 0. The fourth-order valence-corrected chi connectivity index (χ4v) is 0. The van der Waals surface area contributed by atoms with Gasteiger partial charge in [-0.15, -0.1) is 0 Å². The van der Waals surface area contributed by atoms with Gasteiger partial charge in [0.1, 0.15) is 0 Å². The van der Waals surface area contributed by atoms with Gasteiger partial charge in [0, 0.05) is 63.1 Å². The van der Waals surface area contributed by atoms with Crippen LogP contribution in [0.5, 0.6) is 0 Å². The van der Waals surface area contributed by atoms with Crippen molar-refractivity contribution < 1.29 is 39.6 Å². The summed E-state index contributed by atoms with van der Waals surface area (Å²) < 4.78 is 0. The molecule has 0 saturated heterocycles. The van der Waals surface area contributed by atoms with Crippen LogP contribution in [0.4, 0.5) is 0 Å². The Morgan fingerprint density at radius 3 is 1.00 bits per heavy atom. The summed E-state index contributed by atoms with van der Waals surface area (Å²) in [7, 11) is 0. The number of hydrogen-bond acceptors (Lipinski definition) is 0. The molecule has 4 heteroatoms. The van der Waals surface area contributed by atoms with Crippen LogP contribution in [0.2, 0.25) is 0 Å². The molecule has 0 aliphatic carbocycles. The summed E-state index contributed by atoms with van der Waals surface area (Å²) in [5.41, 5.74) is 0. The Labute approximate surface area is 62.8 Å². The Hall–Kier alpha value is 1.77. The molecule has 0 aliphatic heterocycles. The van der Waals surface area contributed by atoms with E-state index in [1.165, 1.54) is 0 Å². The summed E-state index contributed by atoms with van der Waals surface area (Å²) in [6, 6.07) is 0. The Bertz CT molecular complexity index is 8.00. The average molecular weight is 188 g/mol. The zero-order valence-electron chi connectivity index (χ0n) is 1.88. The third-order valence-corrected chi connectivity index (χ3v) is 0. The van der Waals surface area contributed by atoms with Gasteiger partial charge in [-0.05, 0) is 0 Å². The predicted octanol–water partition coefficient (Wildman–Crippen LogP) is -0.866. The fourth-order valence-electron chi connectivity index (χ4n) is 0. The van der Waals surface area contributed by atoms with Crippen molar-refractivity contribution in [3.8, 4) is 0 Å². The third kappa shape index (κ3) is 9.24. The van der Waals surface area contributed by atoms with Crippen molar-refractivity contribution in [2.45, 2.75) is 0 Å². The van der Waals surface area contributed by atoms with E-state index in [-0.39, 0.29) is 63.1 Å². The molecular weight excluding hydrogens is 188 g/mol. The molecule has 0 aliphatic rings. The van der Waals surface area contributed by atoms with Gasteiger partial charge in [0.25, 0.3) is 0 Å². The Kier molecular flexibility index (Phi) is 228. The molecule has 0 amide bonds. The SMILES string of the molecule is [Al].[Mo].[N].[V]. The minimum Gasteiger partial charge on any atom is 0 e. The van der Waals surface area contributed by atoms with E-state index in [9.17, 15) is 0 Å². The standard InChI is InChI=1S/Al.Mo.N.V. The Balaban J connectivity index is 0. The van der Waals surface area contributed by atoms with Crippen molar-refractivity contribution in [3.05, 3.63) is 0 Å². The molecular formula is AlMoNV. The Morgan fingerprint density at radius 2 is 1.00 bits per heavy atom. The van der Waals surface area contributed by atoms with Crippen molar-refractivity contribution >= 4 is 17.4 Å². The number of rotatable bonds is 0. The minimum absolute atomic E-state index is 0. The monoisotopic (exact) mass is 190 g/mol. The van der Waals surface area contributed by atoms with E-state index < -0.39 is 0 Å². The molecule has 0 aromatic heterocycles. The van der Waals surface area contributed by atoms with Gasteiger partial charge in [-0.3, -0.25) is 0 Å². The second-order valence-corrected chi connectivity index (χ2v) is 0. The molecule has 19 valence electrons. The van der Waals surface area contributed by atoms with E-state index in [0.717, 1.165) is 0 Å². The molecule has 4 heavy (non-hydrogen) atoms. The van der Waals surface area contributed by atoms with Crippen LogP contribution in [0.15, 0.2) is 0 Å². The molecule has 0 aromatic carbocycles. The first-order chi connectivity index (χ1) is 0. The van der Waals surface area contributed by atoms with Gasteiger partial charge in [-0.2, -0.15) is 0 Å². The summed E-state index contributed by atoms with van der Waals surface area (Å²) in [5.74, 6) is 0. The summed E-state index contributed by atoms with van der Waals surface area (Å²) in [5, 5.41) is 0. The topological polar surface area (TPSA) is 30.5 Å². The van der Waals surface area contributed by atoms with E-state index in [0.29, 0.717) is 0 Å². The summed E-state index contributed by atoms with van der Waals surface area (Å²) in [6.45, 7) is 0. The third-order valence-electron chi connectivity index (χ3n) is 0.